The quantitative estimate of drug-likeness (QED) is 0.387. The van der Waals surface area contributed by atoms with Gasteiger partial charge in [-0.3, -0.25) is 0 Å². The minimum atomic E-state index is -0.416. The molecule has 0 aromatic heterocycles. The molecule has 0 aliphatic heterocycles. The zero-order chi connectivity index (χ0) is 14.7. The Morgan fingerprint density at radius 1 is 1.25 bits per heavy atom. The number of benzene rings is 2. The van der Waals surface area contributed by atoms with E-state index < -0.39 is 5.82 Å². The van der Waals surface area contributed by atoms with E-state index in [1.54, 1.807) is 24.3 Å². The third-order valence-corrected chi connectivity index (χ3v) is 3.29. The summed E-state index contributed by atoms with van der Waals surface area (Å²) in [5, 5.41) is 11.7. The third kappa shape index (κ3) is 3.08. The molecule has 4 nitrogen and oxygen atoms in total. The third-order valence-electron chi connectivity index (χ3n) is 2.63. The number of amidine groups is 1. The van der Waals surface area contributed by atoms with Crippen LogP contribution in [0.5, 0.6) is 11.5 Å². The van der Waals surface area contributed by atoms with E-state index in [9.17, 15) is 4.39 Å². The predicted octanol–water partition coefficient (Wildman–Crippen LogP) is 3.78. The highest BCUT2D eigenvalue weighted by Gasteiger charge is 2.12. The summed E-state index contributed by atoms with van der Waals surface area (Å²) in [5.74, 6) is 0.197. The molecule has 0 fully saturated rings. The van der Waals surface area contributed by atoms with Crippen LogP contribution >= 0.6 is 15.9 Å². The molecule has 104 valence electrons. The van der Waals surface area contributed by atoms with Gasteiger partial charge in [0.1, 0.15) is 17.3 Å². The fourth-order valence-corrected chi connectivity index (χ4v) is 1.98. The van der Waals surface area contributed by atoms with Crippen LogP contribution in [0.25, 0.3) is 0 Å². The van der Waals surface area contributed by atoms with Crippen molar-refractivity contribution in [1.29, 1.82) is 0 Å². The maximum Gasteiger partial charge on any atom is 0.173 e. The second-order valence-corrected chi connectivity index (χ2v) is 5.02. The Balaban J connectivity index is 2.47. The Morgan fingerprint density at radius 2 is 2.00 bits per heavy atom. The number of oxime groups is 1. The molecular weight excluding hydrogens is 327 g/mol. The van der Waals surface area contributed by atoms with Crippen LogP contribution in [0.15, 0.2) is 46.0 Å². The maximum absolute atomic E-state index is 13.3. The zero-order valence-electron chi connectivity index (χ0n) is 10.6. The van der Waals surface area contributed by atoms with E-state index in [0.29, 0.717) is 21.5 Å². The summed E-state index contributed by atoms with van der Waals surface area (Å²) in [6.45, 7) is 1.88. The number of hydrogen-bond donors (Lipinski definition) is 2. The normalized spacial score (nSPS) is 11.4. The number of ether oxygens (including phenoxy) is 1. The Labute approximate surface area is 123 Å². The van der Waals surface area contributed by atoms with Crippen molar-refractivity contribution in [2.24, 2.45) is 10.9 Å². The van der Waals surface area contributed by atoms with Gasteiger partial charge in [0.2, 0.25) is 0 Å². The first-order chi connectivity index (χ1) is 9.51. The second-order valence-electron chi connectivity index (χ2n) is 4.16. The standard InChI is InChI=1S/C14H12BrFN2O2/c1-8-2-4-10(14(17)18-19)12(6-8)20-13-7-9(16)3-5-11(13)15/h2-7,19H,1H3,(H2,17,18). The van der Waals surface area contributed by atoms with Gasteiger partial charge in [-0.05, 0) is 52.7 Å². The number of rotatable bonds is 3. The lowest BCUT2D eigenvalue weighted by molar-refractivity contribution is 0.318. The molecule has 0 atom stereocenters. The van der Waals surface area contributed by atoms with Crippen LogP contribution in [-0.4, -0.2) is 11.0 Å². The van der Waals surface area contributed by atoms with Gasteiger partial charge in [-0.15, -0.1) is 0 Å². The first kappa shape index (κ1) is 14.3. The number of halogens is 2. The van der Waals surface area contributed by atoms with Crippen LogP contribution in [0.4, 0.5) is 4.39 Å². The molecule has 6 heteroatoms. The molecule has 2 aromatic rings. The lowest BCUT2D eigenvalue weighted by Gasteiger charge is -2.12. The van der Waals surface area contributed by atoms with Crippen LogP contribution in [-0.2, 0) is 0 Å². The Morgan fingerprint density at radius 3 is 2.70 bits per heavy atom. The molecule has 0 aliphatic rings. The number of hydrogen-bond acceptors (Lipinski definition) is 3. The highest BCUT2D eigenvalue weighted by atomic mass is 79.9. The average molecular weight is 339 g/mol. The molecule has 0 unspecified atom stereocenters. The van der Waals surface area contributed by atoms with Crippen molar-refractivity contribution in [3.63, 3.8) is 0 Å². The first-order valence-electron chi connectivity index (χ1n) is 5.72. The molecule has 0 aliphatic carbocycles. The lowest BCUT2D eigenvalue weighted by Crippen LogP contribution is -2.14. The molecule has 3 N–H and O–H groups in total. The lowest BCUT2D eigenvalue weighted by atomic mass is 10.1. The van der Waals surface area contributed by atoms with E-state index >= 15 is 0 Å². The molecule has 20 heavy (non-hydrogen) atoms. The summed E-state index contributed by atoms with van der Waals surface area (Å²) in [7, 11) is 0. The molecule has 2 aromatic carbocycles. The van der Waals surface area contributed by atoms with Gasteiger partial charge in [0.25, 0.3) is 0 Å². The molecule has 0 spiro atoms. The molecular formula is C14H12BrFN2O2. The van der Waals surface area contributed by atoms with Gasteiger partial charge < -0.3 is 15.7 Å². The SMILES string of the molecule is Cc1ccc(/C(N)=N/O)c(Oc2cc(F)ccc2Br)c1. The van der Waals surface area contributed by atoms with Crippen molar-refractivity contribution >= 4 is 21.8 Å². The Kier molecular flexibility index (Phi) is 4.24. The number of nitrogens with two attached hydrogens (primary N) is 1. The van der Waals surface area contributed by atoms with Crippen LogP contribution in [0.3, 0.4) is 0 Å². The van der Waals surface area contributed by atoms with E-state index in [1.807, 2.05) is 6.92 Å². The molecule has 0 bridgehead atoms. The van der Waals surface area contributed by atoms with Gasteiger partial charge in [-0.2, -0.15) is 0 Å². The summed E-state index contributed by atoms with van der Waals surface area (Å²) < 4.78 is 19.5. The molecule has 0 saturated heterocycles. The highest BCUT2D eigenvalue weighted by molar-refractivity contribution is 9.10. The van der Waals surface area contributed by atoms with Crippen molar-refractivity contribution in [1.82, 2.24) is 0 Å². The van der Waals surface area contributed by atoms with Crippen molar-refractivity contribution < 1.29 is 14.3 Å². The highest BCUT2D eigenvalue weighted by Crippen LogP contribution is 2.32. The number of aryl methyl sites for hydroxylation is 1. The van der Waals surface area contributed by atoms with Crippen LogP contribution in [0, 0.1) is 12.7 Å². The van der Waals surface area contributed by atoms with Crippen LogP contribution < -0.4 is 10.5 Å². The fraction of sp³-hybridized carbons (Fsp3) is 0.0714. The van der Waals surface area contributed by atoms with E-state index in [0.717, 1.165) is 5.56 Å². The van der Waals surface area contributed by atoms with Gasteiger partial charge in [-0.1, -0.05) is 11.2 Å². The van der Waals surface area contributed by atoms with Crippen molar-refractivity contribution in [2.75, 3.05) is 0 Å². The van der Waals surface area contributed by atoms with Crippen molar-refractivity contribution in [3.05, 3.63) is 57.8 Å². The van der Waals surface area contributed by atoms with Gasteiger partial charge in [0.05, 0.1) is 10.0 Å². The van der Waals surface area contributed by atoms with Gasteiger partial charge in [-0.25, -0.2) is 4.39 Å². The minimum Gasteiger partial charge on any atom is -0.455 e. The Bertz CT molecular complexity index is 674. The van der Waals surface area contributed by atoms with Gasteiger partial charge in [0, 0.05) is 6.07 Å². The largest absolute Gasteiger partial charge is 0.455 e. The van der Waals surface area contributed by atoms with Gasteiger partial charge in [0.15, 0.2) is 5.84 Å². The monoisotopic (exact) mass is 338 g/mol. The zero-order valence-corrected chi connectivity index (χ0v) is 12.2. The second kappa shape index (κ2) is 5.92. The molecule has 0 radical (unpaired) electrons. The summed E-state index contributed by atoms with van der Waals surface area (Å²) >= 11 is 3.28. The van der Waals surface area contributed by atoms with E-state index in [-0.39, 0.29) is 5.84 Å². The average Bonchev–Trinajstić information content (AvgIpc) is 2.42. The topological polar surface area (TPSA) is 67.8 Å². The van der Waals surface area contributed by atoms with Crippen LogP contribution in [0.1, 0.15) is 11.1 Å². The van der Waals surface area contributed by atoms with E-state index in [1.165, 1.54) is 12.1 Å². The smallest absolute Gasteiger partial charge is 0.173 e. The van der Waals surface area contributed by atoms with Gasteiger partial charge >= 0.3 is 0 Å². The summed E-state index contributed by atoms with van der Waals surface area (Å²) in [5.41, 5.74) is 6.96. The first-order valence-corrected chi connectivity index (χ1v) is 6.52. The predicted molar refractivity (Wildman–Crippen MR) is 77.9 cm³/mol. The summed E-state index contributed by atoms with van der Waals surface area (Å²) in [6.07, 6.45) is 0. The Hall–Kier alpha value is -2.08. The minimum absolute atomic E-state index is 0.0764. The van der Waals surface area contributed by atoms with E-state index in [4.69, 9.17) is 15.7 Å². The maximum atomic E-state index is 13.3. The summed E-state index contributed by atoms with van der Waals surface area (Å²) in [6, 6.07) is 9.32. The van der Waals surface area contributed by atoms with Crippen molar-refractivity contribution in [2.45, 2.75) is 6.92 Å². The molecule has 0 heterocycles. The fourth-order valence-electron chi connectivity index (χ4n) is 1.65. The molecule has 2 rings (SSSR count). The van der Waals surface area contributed by atoms with E-state index in [2.05, 4.69) is 21.1 Å². The summed E-state index contributed by atoms with van der Waals surface area (Å²) in [4.78, 5) is 0. The van der Waals surface area contributed by atoms with Crippen molar-refractivity contribution in [3.8, 4) is 11.5 Å². The van der Waals surface area contributed by atoms with Crippen LogP contribution in [0.2, 0.25) is 0 Å². The molecule has 0 amide bonds. The number of nitrogens with zero attached hydrogens (tertiary/aromatic N) is 1. The molecule has 0 saturated carbocycles.